The van der Waals surface area contributed by atoms with Crippen LogP contribution in [0.4, 0.5) is 0 Å². The predicted molar refractivity (Wildman–Crippen MR) is 201 cm³/mol. The van der Waals surface area contributed by atoms with E-state index in [1.54, 1.807) is 0 Å². The van der Waals surface area contributed by atoms with Gasteiger partial charge in [0.15, 0.2) is 0 Å². The first-order valence-electron chi connectivity index (χ1n) is 16.4. The summed E-state index contributed by atoms with van der Waals surface area (Å²) < 4.78 is 7.56. The monoisotopic (exact) mass is 597 g/mol. The quantitative estimate of drug-likeness (QED) is 0.177. The molecule has 0 spiro atoms. The highest BCUT2D eigenvalue weighted by Crippen LogP contribution is 2.39. The van der Waals surface area contributed by atoms with E-state index in [1.165, 1.54) is 99.0 Å². The van der Waals surface area contributed by atoms with E-state index >= 15 is 0 Å². The zero-order chi connectivity index (χ0) is 30.8. The Morgan fingerprint density at radius 1 is 0.404 bits per heavy atom. The highest BCUT2D eigenvalue weighted by molar-refractivity contribution is 6.73. The zero-order valence-corrected chi connectivity index (χ0v) is 25.9. The van der Waals surface area contributed by atoms with E-state index in [1.807, 2.05) is 0 Å². The van der Waals surface area contributed by atoms with E-state index < -0.39 is 0 Å². The van der Waals surface area contributed by atoms with Crippen LogP contribution in [0.2, 0.25) is 0 Å². The summed E-state index contributed by atoms with van der Waals surface area (Å²) in [6.45, 7) is 2.25. The minimum atomic E-state index is 0.867. The van der Waals surface area contributed by atoms with E-state index in [2.05, 4.69) is 166 Å². The molecule has 0 saturated carbocycles. The molecular formula is C43H28BN3. The fourth-order valence-corrected chi connectivity index (χ4v) is 8.65. The third-order valence-electron chi connectivity index (χ3n) is 10.5. The first-order chi connectivity index (χ1) is 23.3. The van der Waals surface area contributed by atoms with Gasteiger partial charge < -0.3 is 13.7 Å². The van der Waals surface area contributed by atoms with Crippen molar-refractivity contribution in [2.24, 2.45) is 0 Å². The Balaban J connectivity index is 1.37. The van der Waals surface area contributed by atoms with Gasteiger partial charge in [-0.25, -0.2) is 0 Å². The smallest absolute Gasteiger partial charge is 0.200 e. The number of hydrogen-bond donors (Lipinski definition) is 0. The molecule has 218 valence electrons. The van der Waals surface area contributed by atoms with E-state index in [0.717, 1.165) is 7.28 Å². The summed E-state index contributed by atoms with van der Waals surface area (Å²) in [6, 6.07) is 53.9. The lowest BCUT2D eigenvalue weighted by Gasteiger charge is -2.26. The Morgan fingerprint density at radius 3 is 1.40 bits per heavy atom. The van der Waals surface area contributed by atoms with Gasteiger partial charge in [0.1, 0.15) is 0 Å². The lowest BCUT2D eigenvalue weighted by molar-refractivity contribution is 1.11. The Kier molecular flexibility index (Phi) is 4.86. The molecule has 0 amide bonds. The fraction of sp³-hybridized carbons (Fsp3) is 0.0233. The average Bonchev–Trinajstić information content (AvgIpc) is 3.76. The van der Waals surface area contributed by atoms with Crippen molar-refractivity contribution in [2.45, 2.75) is 6.92 Å². The normalized spacial score (nSPS) is 12.5. The number of rotatable bonds is 2. The summed E-state index contributed by atoms with van der Waals surface area (Å²) >= 11 is 0. The van der Waals surface area contributed by atoms with Gasteiger partial charge in [-0.1, -0.05) is 115 Å². The third kappa shape index (κ3) is 3.22. The second kappa shape index (κ2) is 9.05. The number of nitrogens with zero attached hydrogens (tertiary/aromatic N) is 3. The van der Waals surface area contributed by atoms with Crippen LogP contribution in [0.5, 0.6) is 0 Å². The lowest BCUT2D eigenvalue weighted by Crippen LogP contribution is -2.38. The molecule has 10 aromatic rings. The first kappa shape index (κ1) is 25.2. The lowest BCUT2D eigenvalue weighted by atomic mass is 9.60. The number of benzene rings is 7. The number of aromatic nitrogens is 3. The topological polar surface area (TPSA) is 14.8 Å². The minimum Gasteiger partial charge on any atom is -0.310 e. The molecule has 4 heterocycles. The molecule has 0 N–H and O–H groups in total. The second-order valence-electron chi connectivity index (χ2n) is 13.0. The molecule has 0 bridgehead atoms. The standard InChI is InChI=1S/C43H28BN3/c1-26-12-10-17-32-30-15-4-8-22-37(30)46(42(26)32)39-24-27(45-35-20-6-2-13-28(35)29-14-3-7-21-36(29)45)25-40-41(39)44-34-19-11-18-33-31-16-5-9-23-38(31)47(40)43(33)34/h2-25,44H,1H3. The molecule has 7 aromatic carbocycles. The number of hydrogen-bond acceptors (Lipinski definition) is 0. The Labute approximate surface area is 271 Å². The maximum atomic E-state index is 2.55. The van der Waals surface area contributed by atoms with Crippen LogP contribution < -0.4 is 10.9 Å². The average molecular weight is 598 g/mol. The van der Waals surface area contributed by atoms with Crippen LogP contribution in [0, 0.1) is 6.92 Å². The molecule has 0 atom stereocenters. The molecule has 4 heteroatoms. The summed E-state index contributed by atoms with van der Waals surface area (Å²) in [5.74, 6) is 0. The van der Waals surface area contributed by atoms with Gasteiger partial charge in [0.05, 0.1) is 33.3 Å². The molecule has 1 aliphatic heterocycles. The number of para-hydroxylation sites is 6. The van der Waals surface area contributed by atoms with E-state index in [4.69, 9.17) is 0 Å². The van der Waals surface area contributed by atoms with Crippen LogP contribution in [0.1, 0.15) is 5.56 Å². The number of fused-ring (bicyclic) bond motifs is 11. The maximum absolute atomic E-state index is 2.55. The van der Waals surface area contributed by atoms with Crippen LogP contribution >= 0.6 is 0 Å². The predicted octanol–water partition coefficient (Wildman–Crippen LogP) is 8.99. The molecule has 3 nitrogen and oxygen atoms in total. The van der Waals surface area contributed by atoms with Crippen LogP contribution in [-0.4, -0.2) is 21.0 Å². The molecule has 0 radical (unpaired) electrons. The van der Waals surface area contributed by atoms with E-state index in [9.17, 15) is 0 Å². The van der Waals surface area contributed by atoms with Crippen LogP contribution in [-0.2, 0) is 0 Å². The SMILES string of the molecule is Cc1cccc2c3ccccc3n(-c3cc(-n4c5ccccc5c5ccccc54)cc4c3Bc3cccc5c6ccccc6n-4c35)c12. The Bertz CT molecular complexity index is 2900. The van der Waals surface area contributed by atoms with Gasteiger partial charge in [0.25, 0.3) is 0 Å². The molecule has 47 heavy (non-hydrogen) atoms. The van der Waals surface area contributed by atoms with Crippen molar-refractivity contribution in [3.05, 3.63) is 151 Å². The molecular weight excluding hydrogens is 569 g/mol. The molecule has 0 fully saturated rings. The van der Waals surface area contributed by atoms with Crippen molar-refractivity contribution in [3.63, 3.8) is 0 Å². The van der Waals surface area contributed by atoms with Crippen LogP contribution in [0.25, 0.3) is 82.5 Å². The highest BCUT2D eigenvalue weighted by Gasteiger charge is 2.28. The molecule has 0 aliphatic carbocycles. The van der Waals surface area contributed by atoms with Gasteiger partial charge in [-0.15, -0.1) is 0 Å². The van der Waals surface area contributed by atoms with Gasteiger partial charge in [-0.3, -0.25) is 0 Å². The van der Waals surface area contributed by atoms with Gasteiger partial charge >= 0.3 is 0 Å². The largest absolute Gasteiger partial charge is 0.310 e. The van der Waals surface area contributed by atoms with Crippen molar-refractivity contribution in [3.8, 4) is 17.1 Å². The Hall–Kier alpha value is -6.00. The molecule has 0 unspecified atom stereocenters. The summed E-state index contributed by atoms with van der Waals surface area (Å²) in [6.07, 6.45) is 0. The van der Waals surface area contributed by atoms with Gasteiger partial charge in [0, 0.05) is 49.2 Å². The summed E-state index contributed by atoms with van der Waals surface area (Å²) in [5, 5.41) is 7.74. The van der Waals surface area contributed by atoms with Crippen molar-refractivity contribution in [2.75, 3.05) is 0 Å². The van der Waals surface area contributed by atoms with Crippen LogP contribution in [0.15, 0.2) is 146 Å². The molecule has 1 aliphatic rings. The van der Waals surface area contributed by atoms with E-state index in [-0.39, 0.29) is 0 Å². The van der Waals surface area contributed by atoms with E-state index in [0.29, 0.717) is 0 Å². The number of aryl methyl sites for hydroxylation is 1. The van der Waals surface area contributed by atoms with Crippen LogP contribution in [0.3, 0.4) is 0 Å². The molecule has 0 saturated heterocycles. The summed E-state index contributed by atoms with van der Waals surface area (Å²) in [4.78, 5) is 0. The Morgan fingerprint density at radius 2 is 0.830 bits per heavy atom. The van der Waals surface area contributed by atoms with Crippen molar-refractivity contribution >= 4 is 83.6 Å². The second-order valence-corrected chi connectivity index (χ2v) is 13.0. The zero-order valence-electron chi connectivity index (χ0n) is 25.9. The maximum Gasteiger partial charge on any atom is 0.200 e. The summed E-state index contributed by atoms with van der Waals surface area (Å²) in [7, 11) is 0.867. The molecule has 11 rings (SSSR count). The fourth-order valence-electron chi connectivity index (χ4n) is 8.65. The first-order valence-corrected chi connectivity index (χ1v) is 16.4. The molecule has 3 aromatic heterocycles. The van der Waals surface area contributed by atoms with Gasteiger partial charge in [-0.2, -0.15) is 0 Å². The van der Waals surface area contributed by atoms with Gasteiger partial charge in [-0.05, 0) is 54.3 Å². The van der Waals surface area contributed by atoms with Gasteiger partial charge in [0.2, 0.25) is 7.28 Å². The summed E-state index contributed by atoms with van der Waals surface area (Å²) in [5.41, 5.74) is 15.2. The van der Waals surface area contributed by atoms with Crippen molar-refractivity contribution in [1.82, 2.24) is 13.7 Å². The minimum absolute atomic E-state index is 0.867. The third-order valence-corrected chi connectivity index (χ3v) is 10.5. The van der Waals surface area contributed by atoms with Crippen molar-refractivity contribution < 1.29 is 0 Å². The van der Waals surface area contributed by atoms with Crippen molar-refractivity contribution in [1.29, 1.82) is 0 Å². The highest BCUT2D eigenvalue weighted by atomic mass is 15.1.